The third kappa shape index (κ3) is 3.11. The van der Waals surface area contributed by atoms with E-state index in [1.807, 2.05) is 29.1 Å². The second kappa shape index (κ2) is 5.21. The molecule has 0 aliphatic heterocycles. The van der Waals surface area contributed by atoms with E-state index in [1.54, 1.807) is 12.1 Å². The molecule has 4 nitrogen and oxygen atoms in total. The molecule has 1 aromatic heterocycles. The summed E-state index contributed by atoms with van der Waals surface area (Å²) in [6, 6.07) is 10.2. The van der Waals surface area contributed by atoms with Gasteiger partial charge in [0.15, 0.2) is 0 Å². The summed E-state index contributed by atoms with van der Waals surface area (Å²) in [5, 5.41) is 12.0. The molecule has 2 rings (SSSR count). The summed E-state index contributed by atoms with van der Waals surface area (Å²) < 4.78 is 1.99. The number of aromatic hydroxyl groups is 1. The van der Waals surface area contributed by atoms with Crippen LogP contribution in [0.25, 0.3) is 0 Å². The van der Waals surface area contributed by atoms with E-state index in [0.717, 1.165) is 6.54 Å². The van der Waals surface area contributed by atoms with E-state index in [2.05, 4.69) is 5.32 Å². The molecule has 1 heterocycles. The highest BCUT2D eigenvalue weighted by Crippen LogP contribution is 2.10. The maximum absolute atomic E-state index is 11.7. The predicted molar refractivity (Wildman–Crippen MR) is 64.9 cm³/mol. The average molecular weight is 230 g/mol. The zero-order valence-electron chi connectivity index (χ0n) is 9.34. The summed E-state index contributed by atoms with van der Waals surface area (Å²) in [6.07, 6.45) is 3.89. The van der Waals surface area contributed by atoms with Crippen molar-refractivity contribution in [3.05, 3.63) is 54.4 Å². The Morgan fingerprint density at radius 2 is 2.00 bits per heavy atom. The number of phenols is 1. The molecule has 2 aromatic rings. The Hall–Kier alpha value is -2.23. The predicted octanol–water partition coefficient (Wildman–Crippen LogP) is 1.62. The fourth-order valence-electron chi connectivity index (χ4n) is 1.57. The molecule has 0 aliphatic rings. The number of aromatic nitrogens is 1. The van der Waals surface area contributed by atoms with Crippen molar-refractivity contribution in [2.45, 2.75) is 6.54 Å². The number of hydrogen-bond donors (Lipinski definition) is 2. The van der Waals surface area contributed by atoms with Crippen molar-refractivity contribution in [1.29, 1.82) is 0 Å². The summed E-state index contributed by atoms with van der Waals surface area (Å²) in [5.41, 5.74) is 0.470. The minimum atomic E-state index is -0.173. The topological polar surface area (TPSA) is 54.3 Å². The maximum atomic E-state index is 11.7. The minimum absolute atomic E-state index is 0.100. The molecule has 0 spiro atoms. The average Bonchev–Trinajstić information content (AvgIpc) is 2.82. The molecular weight excluding hydrogens is 216 g/mol. The molecule has 0 bridgehead atoms. The molecule has 0 fully saturated rings. The van der Waals surface area contributed by atoms with Gasteiger partial charge in [0.1, 0.15) is 5.75 Å². The van der Waals surface area contributed by atoms with Gasteiger partial charge in [0, 0.05) is 31.0 Å². The molecule has 0 saturated carbocycles. The first-order chi connectivity index (χ1) is 8.25. The third-order valence-corrected chi connectivity index (χ3v) is 2.43. The Morgan fingerprint density at radius 3 is 2.71 bits per heavy atom. The van der Waals surface area contributed by atoms with Crippen LogP contribution in [0, 0.1) is 0 Å². The molecule has 0 radical (unpaired) electrons. The van der Waals surface area contributed by atoms with E-state index < -0.39 is 0 Å². The van der Waals surface area contributed by atoms with Crippen molar-refractivity contribution in [2.75, 3.05) is 6.54 Å². The molecule has 1 amide bonds. The first-order valence-corrected chi connectivity index (χ1v) is 5.44. The van der Waals surface area contributed by atoms with Gasteiger partial charge in [0.2, 0.25) is 0 Å². The lowest BCUT2D eigenvalue weighted by Gasteiger charge is -2.06. The van der Waals surface area contributed by atoms with Crippen molar-refractivity contribution < 1.29 is 9.90 Å². The van der Waals surface area contributed by atoms with Crippen LogP contribution in [0.2, 0.25) is 0 Å². The molecular formula is C13H14N2O2. The molecule has 17 heavy (non-hydrogen) atoms. The van der Waals surface area contributed by atoms with Crippen molar-refractivity contribution in [3.63, 3.8) is 0 Å². The number of benzene rings is 1. The molecule has 1 aromatic carbocycles. The van der Waals surface area contributed by atoms with Crippen LogP contribution in [0.1, 0.15) is 10.4 Å². The Labute approximate surface area is 99.5 Å². The van der Waals surface area contributed by atoms with Crippen LogP contribution in [0.3, 0.4) is 0 Å². The van der Waals surface area contributed by atoms with Gasteiger partial charge in [-0.2, -0.15) is 0 Å². The lowest BCUT2D eigenvalue weighted by Crippen LogP contribution is -2.26. The Morgan fingerprint density at radius 1 is 1.24 bits per heavy atom. The summed E-state index contributed by atoms with van der Waals surface area (Å²) in [5.74, 6) is -0.0730. The van der Waals surface area contributed by atoms with Crippen LogP contribution in [-0.2, 0) is 6.54 Å². The molecule has 0 atom stereocenters. The second-order valence-electron chi connectivity index (χ2n) is 3.73. The number of rotatable bonds is 4. The first kappa shape index (κ1) is 11.3. The number of nitrogens with one attached hydrogen (secondary N) is 1. The SMILES string of the molecule is O=C(NCCn1cccc1)c1cccc(O)c1. The van der Waals surface area contributed by atoms with Gasteiger partial charge in [-0.1, -0.05) is 6.07 Å². The fourth-order valence-corrected chi connectivity index (χ4v) is 1.57. The van der Waals surface area contributed by atoms with Gasteiger partial charge < -0.3 is 15.0 Å². The fraction of sp³-hybridized carbons (Fsp3) is 0.154. The minimum Gasteiger partial charge on any atom is -0.508 e. The monoisotopic (exact) mass is 230 g/mol. The van der Waals surface area contributed by atoms with E-state index >= 15 is 0 Å². The largest absolute Gasteiger partial charge is 0.508 e. The molecule has 2 N–H and O–H groups in total. The standard InChI is InChI=1S/C13H14N2O2/c16-12-5-3-4-11(10-12)13(17)14-6-9-15-7-1-2-8-15/h1-5,7-8,10,16H,6,9H2,(H,14,17). The van der Waals surface area contributed by atoms with Crippen molar-refractivity contribution in [1.82, 2.24) is 9.88 Å². The van der Waals surface area contributed by atoms with Gasteiger partial charge in [-0.05, 0) is 30.3 Å². The van der Waals surface area contributed by atoms with E-state index in [1.165, 1.54) is 12.1 Å². The van der Waals surface area contributed by atoms with Crippen LogP contribution < -0.4 is 5.32 Å². The lowest BCUT2D eigenvalue weighted by molar-refractivity contribution is 0.0952. The van der Waals surface area contributed by atoms with Crippen LogP contribution in [-0.4, -0.2) is 22.1 Å². The van der Waals surface area contributed by atoms with E-state index in [0.29, 0.717) is 12.1 Å². The summed E-state index contributed by atoms with van der Waals surface area (Å²) in [7, 11) is 0. The van der Waals surface area contributed by atoms with Crippen LogP contribution in [0.15, 0.2) is 48.8 Å². The van der Waals surface area contributed by atoms with Gasteiger partial charge in [0.05, 0.1) is 0 Å². The quantitative estimate of drug-likeness (QED) is 0.838. The number of phenolic OH excluding ortho intramolecular Hbond substituents is 1. The Kier molecular flexibility index (Phi) is 3.45. The molecule has 0 aliphatic carbocycles. The van der Waals surface area contributed by atoms with Crippen LogP contribution in [0.4, 0.5) is 0 Å². The molecule has 88 valence electrons. The number of carbonyl (C=O) groups excluding carboxylic acids is 1. The third-order valence-electron chi connectivity index (χ3n) is 2.43. The van der Waals surface area contributed by atoms with E-state index in [9.17, 15) is 9.90 Å². The lowest BCUT2D eigenvalue weighted by atomic mass is 10.2. The first-order valence-electron chi connectivity index (χ1n) is 5.44. The van der Waals surface area contributed by atoms with Crippen molar-refractivity contribution in [2.24, 2.45) is 0 Å². The van der Waals surface area contributed by atoms with E-state index in [4.69, 9.17) is 0 Å². The van der Waals surface area contributed by atoms with Gasteiger partial charge >= 0.3 is 0 Å². The smallest absolute Gasteiger partial charge is 0.251 e. The molecule has 0 unspecified atom stereocenters. The number of hydrogen-bond acceptors (Lipinski definition) is 2. The highest BCUT2D eigenvalue weighted by Gasteiger charge is 2.04. The summed E-state index contributed by atoms with van der Waals surface area (Å²) in [6.45, 7) is 1.29. The van der Waals surface area contributed by atoms with Gasteiger partial charge in [0.25, 0.3) is 5.91 Å². The summed E-state index contributed by atoms with van der Waals surface area (Å²) in [4.78, 5) is 11.7. The van der Waals surface area contributed by atoms with Crippen LogP contribution >= 0.6 is 0 Å². The molecule has 4 heteroatoms. The van der Waals surface area contributed by atoms with Gasteiger partial charge in [-0.3, -0.25) is 4.79 Å². The summed E-state index contributed by atoms with van der Waals surface area (Å²) >= 11 is 0. The van der Waals surface area contributed by atoms with Crippen LogP contribution in [0.5, 0.6) is 5.75 Å². The Balaban J connectivity index is 1.85. The molecule has 0 saturated heterocycles. The zero-order valence-corrected chi connectivity index (χ0v) is 9.34. The van der Waals surface area contributed by atoms with Crippen molar-refractivity contribution >= 4 is 5.91 Å². The highest BCUT2D eigenvalue weighted by molar-refractivity contribution is 5.94. The highest BCUT2D eigenvalue weighted by atomic mass is 16.3. The van der Waals surface area contributed by atoms with Crippen molar-refractivity contribution in [3.8, 4) is 5.75 Å². The van der Waals surface area contributed by atoms with E-state index in [-0.39, 0.29) is 11.7 Å². The van der Waals surface area contributed by atoms with Gasteiger partial charge in [-0.25, -0.2) is 0 Å². The second-order valence-corrected chi connectivity index (χ2v) is 3.73. The number of amides is 1. The Bertz CT molecular complexity index is 492. The normalized spacial score (nSPS) is 10.1. The van der Waals surface area contributed by atoms with Gasteiger partial charge in [-0.15, -0.1) is 0 Å². The number of carbonyl (C=O) groups is 1. The zero-order chi connectivity index (χ0) is 12.1. The maximum Gasteiger partial charge on any atom is 0.251 e. The number of nitrogens with zero attached hydrogens (tertiary/aromatic N) is 1.